The number of nitrogens with zero attached hydrogens (tertiary/aromatic N) is 1. The first kappa shape index (κ1) is 23.1. The van der Waals surface area contributed by atoms with Gasteiger partial charge in [-0.2, -0.15) is 0 Å². The molecule has 0 saturated carbocycles. The Morgan fingerprint density at radius 2 is 2.00 bits per heavy atom. The van der Waals surface area contributed by atoms with Gasteiger partial charge in [0.25, 0.3) is 5.56 Å². The first-order valence-corrected chi connectivity index (χ1v) is 11.6. The number of methoxy groups -OCH3 is 1. The molecule has 1 saturated heterocycles. The number of pyridine rings is 1. The molecule has 2 heterocycles. The maximum absolute atomic E-state index is 12.9. The summed E-state index contributed by atoms with van der Waals surface area (Å²) in [5.41, 5.74) is 2.10. The first-order chi connectivity index (χ1) is 16.1. The summed E-state index contributed by atoms with van der Waals surface area (Å²) in [7, 11) is 1.61. The van der Waals surface area contributed by atoms with Crippen LogP contribution >= 0.6 is 12.2 Å². The normalized spacial score (nSPS) is 15.4. The van der Waals surface area contributed by atoms with Gasteiger partial charge in [0.05, 0.1) is 31.9 Å². The van der Waals surface area contributed by atoms with Crippen LogP contribution in [-0.2, 0) is 11.3 Å². The fourth-order valence-electron chi connectivity index (χ4n) is 3.93. The summed E-state index contributed by atoms with van der Waals surface area (Å²) >= 11 is 5.75. The van der Waals surface area contributed by atoms with Gasteiger partial charge in [0.1, 0.15) is 11.5 Å². The van der Waals surface area contributed by atoms with Crippen LogP contribution in [0.4, 0.5) is 5.69 Å². The average molecular weight is 468 g/mol. The number of fused-ring (bicyclic) bond motifs is 1. The van der Waals surface area contributed by atoms with Crippen molar-refractivity contribution in [1.82, 2.24) is 9.88 Å². The Bertz CT molecular complexity index is 1160. The summed E-state index contributed by atoms with van der Waals surface area (Å²) < 4.78 is 16.6. The van der Waals surface area contributed by atoms with Crippen molar-refractivity contribution in [3.8, 4) is 11.5 Å². The predicted molar refractivity (Wildman–Crippen MR) is 134 cm³/mol. The number of hydrogen-bond donors (Lipinski definition) is 2. The molecule has 2 aromatic carbocycles. The molecule has 0 bridgehead atoms. The van der Waals surface area contributed by atoms with Gasteiger partial charge in [0, 0.05) is 30.5 Å². The van der Waals surface area contributed by atoms with E-state index in [1.54, 1.807) is 7.11 Å². The molecule has 0 radical (unpaired) electrons. The molecule has 3 aromatic rings. The molecular weight excluding hydrogens is 438 g/mol. The molecule has 0 amide bonds. The minimum Gasteiger partial charge on any atom is -0.497 e. The Kier molecular flexibility index (Phi) is 7.47. The molecule has 7 nitrogen and oxygen atoms in total. The molecular formula is C25H29N3O4S. The van der Waals surface area contributed by atoms with E-state index >= 15 is 0 Å². The van der Waals surface area contributed by atoms with Crippen LogP contribution in [0.5, 0.6) is 11.5 Å². The zero-order valence-corrected chi connectivity index (χ0v) is 19.7. The van der Waals surface area contributed by atoms with Crippen LogP contribution in [0.25, 0.3) is 10.9 Å². The van der Waals surface area contributed by atoms with Crippen LogP contribution in [0.3, 0.4) is 0 Å². The van der Waals surface area contributed by atoms with E-state index in [1.165, 1.54) is 0 Å². The highest BCUT2D eigenvalue weighted by Crippen LogP contribution is 2.21. The summed E-state index contributed by atoms with van der Waals surface area (Å²) in [6.07, 6.45) is 2.11. The number of thiocarbonyl (C=S) groups is 1. The van der Waals surface area contributed by atoms with Gasteiger partial charge in [0.2, 0.25) is 0 Å². The van der Waals surface area contributed by atoms with Crippen LogP contribution in [0, 0.1) is 0 Å². The second kappa shape index (κ2) is 10.7. The zero-order valence-electron chi connectivity index (χ0n) is 18.9. The van der Waals surface area contributed by atoms with Crippen molar-refractivity contribution in [3.63, 3.8) is 0 Å². The Labute approximate surface area is 198 Å². The van der Waals surface area contributed by atoms with Crippen molar-refractivity contribution >= 4 is 33.9 Å². The third-order valence-corrected chi connectivity index (χ3v) is 6.00. The fraction of sp³-hybridized carbons (Fsp3) is 0.360. The van der Waals surface area contributed by atoms with Gasteiger partial charge in [-0.15, -0.1) is 0 Å². The Hall–Kier alpha value is -3.10. The second-order valence-electron chi connectivity index (χ2n) is 7.98. The molecule has 0 spiro atoms. The number of aromatic nitrogens is 1. The summed E-state index contributed by atoms with van der Waals surface area (Å²) in [5, 5.41) is 4.78. The lowest BCUT2D eigenvalue weighted by atomic mass is 10.1. The van der Waals surface area contributed by atoms with Gasteiger partial charge in [-0.05, 0) is 79.8 Å². The fourth-order valence-corrected chi connectivity index (χ4v) is 4.19. The minimum absolute atomic E-state index is 0.0916. The monoisotopic (exact) mass is 467 g/mol. The first-order valence-electron chi connectivity index (χ1n) is 11.2. The highest BCUT2D eigenvalue weighted by molar-refractivity contribution is 7.80. The quantitative estimate of drug-likeness (QED) is 0.478. The van der Waals surface area contributed by atoms with E-state index in [0.29, 0.717) is 36.1 Å². The van der Waals surface area contributed by atoms with E-state index in [4.69, 9.17) is 26.4 Å². The van der Waals surface area contributed by atoms with Gasteiger partial charge in [-0.25, -0.2) is 0 Å². The second-order valence-corrected chi connectivity index (χ2v) is 8.37. The third-order valence-electron chi connectivity index (χ3n) is 5.64. The Morgan fingerprint density at radius 3 is 2.70 bits per heavy atom. The van der Waals surface area contributed by atoms with E-state index in [2.05, 4.69) is 10.3 Å². The van der Waals surface area contributed by atoms with Crippen LogP contribution in [-0.4, -0.2) is 48.0 Å². The molecule has 4 rings (SSSR count). The van der Waals surface area contributed by atoms with E-state index in [0.717, 1.165) is 41.8 Å². The zero-order chi connectivity index (χ0) is 23.2. The van der Waals surface area contributed by atoms with Crippen molar-refractivity contribution in [2.75, 3.05) is 32.2 Å². The van der Waals surface area contributed by atoms with Gasteiger partial charge in [0.15, 0.2) is 5.11 Å². The standard InChI is InChI=1S/C25H29N3O4S/c1-3-31-20-10-7-19(8-11-20)26-25(33)28(16-22-5-4-12-32-22)15-18-13-17-6-9-21(30-2)14-23(17)27-24(18)29/h6-11,13-14,22H,3-5,12,15-16H2,1-2H3,(H,26,33)(H,27,29)/t22-/m1/s1. The topological polar surface area (TPSA) is 75.8 Å². The number of aromatic amines is 1. The Balaban J connectivity index is 1.55. The summed E-state index contributed by atoms with van der Waals surface area (Å²) in [6.45, 7) is 4.32. The van der Waals surface area contributed by atoms with Crippen molar-refractivity contribution < 1.29 is 14.2 Å². The third kappa shape index (κ3) is 5.83. The molecule has 1 atom stereocenters. The molecule has 33 heavy (non-hydrogen) atoms. The maximum Gasteiger partial charge on any atom is 0.253 e. The molecule has 8 heteroatoms. The number of anilines is 1. The maximum atomic E-state index is 12.9. The molecule has 1 aliphatic rings. The van der Waals surface area contributed by atoms with Gasteiger partial charge < -0.3 is 29.4 Å². The van der Waals surface area contributed by atoms with Gasteiger partial charge in [-0.1, -0.05) is 0 Å². The number of rotatable bonds is 8. The number of nitrogens with one attached hydrogen (secondary N) is 2. The highest BCUT2D eigenvalue weighted by Gasteiger charge is 2.22. The van der Waals surface area contributed by atoms with E-state index in [-0.39, 0.29) is 11.7 Å². The Morgan fingerprint density at radius 1 is 1.21 bits per heavy atom. The molecule has 2 N–H and O–H groups in total. The summed E-state index contributed by atoms with van der Waals surface area (Å²) in [6, 6.07) is 15.2. The van der Waals surface area contributed by atoms with Crippen LogP contribution in [0.2, 0.25) is 0 Å². The number of benzene rings is 2. The SMILES string of the molecule is CCOc1ccc(NC(=S)N(Cc2cc3ccc(OC)cc3[nH]c2=O)C[C@H]2CCCO2)cc1. The number of H-pyrrole nitrogens is 1. The highest BCUT2D eigenvalue weighted by atomic mass is 32.1. The molecule has 1 fully saturated rings. The van der Waals surface area contributed by atoms with Crippen molar-refractivity contribution in [2.45, 2.75) is 32.4 Å². The van der Waals surface area contributed by atoms with Crippen molar-refractivity contribution in [3.05, 3.63) is 64.4 Å². The van der Waals surface area contributed by atoms with Crippen LogP contribution in [0.15, 0.2) is 53.3 Å². The summed E-state index contributed by atoms with van der Waals surface area (Å²) in [4.78, 5) is 17.8. The van der Waals surface area contributed by atoms with Crippen molar-refractivity contribution in [2.24, 2.45) is 0 Å². The van der Waals surface area contributed by atoms with E-state index in [1.807, 2.05) is 60.4 Å². The lowest BCUT2D eigenvalue weighted by Crippen LogP contribution is -2.40. The number of hydrogen-bond acceptors (Lipinski definition) is 5. The molecule has 0 unspecified atom stereocenters. The summed E-state index contributed by atoms with van der Waals surface area (Å²) in [5.74, 6) is 1.51. The molecule has 174 valence electrons. The van der Waals surface area contributed by atoms with E-state index in [9.17, 15) is 4.79 Å². The van der Waals surface area contributed by atoms with E-state index < -0.39 is 0 Å². The minimum atomic E-state index is -0.142. The average Bonchev–Trinajstić information content (AvgIpc) is 3.33. The molecule has 0 aliphatic carbocycles. The number of ether oxygens (including phenoxy) is 3. The van der Waals surface area contributed by atoms with Gasteiger partial charge >= 0.3 is 0 Å². The predicted octanol–water partition coefficient (Wildman–Crippen LogP) is 4.31. The van der Waals surface area contributed by atoms with Crippen molar-refractivity contribution in [1.29, 1.82) is 0 Å². The van der Waals surface area contributed by atoms with Crippen LogP contribution in [0.1, 0.15) is 25.3 Å². The van der Waals surface area contributed by atoms with Crippen LogP contribution < -0.4 is 20.3 Å². The van der Waals surface area contributed by atoms with Gasteiger partial charge in [-0.3, -0.25) is 4.79 Å². The molecule has 1 aromatic heterocycles. The largest absolute Gasteiger partial charge is 0.497 e. The smallest absolute Gasteiger partial charge is 0.253 e. The lowest BCUT2D eigenvalue weighted by molar-refractivity contribution is 0.0904. The molecule has 1 aliphatic heterocycles. The lowest BCUT2D eigenvalue weighted by Gasteiger charge is -2.28.